The van der Waals surface area contributed by atoms with Gasteiger partial charge in [-0.3, -0.25) is 0 Å². The predicted octanol–water partition coefficient (Wildman–Crippen LogP) is 0.625. The highest BCUT2D eigenvalue weighted by molar-refractivity contribution is 6.32. The summed E-state index contributed by atoms with van der Waals surface area (Å²) in [5, 5.41) is 3.94. The summed E-state index contributed by atoms with van der Waals surface area (Å²) >= 11 is 6.12. The Hall–Kier alpha value is -1.16. The summed E-state index contributed by atoms with van der Waals surface area (Å²) in [5.41, 5.74) is 1.12. The van der Waals surface area contributed by atoms with Crippen molar-refractivity contribution in [3.8, 4) is 5.75 Å². The van der Waals surface area contributed by atoms with Gasteiger partial charge in [0.05, 0.1) is 24.4 Å². The molecule has 0 saturated carbocycles. The fourth-order valence-electron chi connectivity index (χ4n) is 1.67. The smallest absolute Gasteiger partial charge is 0.137 e. The van der Waals surface area contributed by atoms with Crippen LogP contribution in [-0.4, -0.2) is 6.61 Å². The van der Waals surface area contributed by atoms with Gasteiger partial charge in [-0.05, 0) is 36.8 Å². The van der Waals surface area contributed by atoms with E-state index in [4.69, 9.17) is 20.8 Å². The molecule has 0 aliphatic carbocycles. The Bertz CT molecular complexity index is 486. The van der Waals surface area contributed by atoms with Crippen molar-refractivity contribution in [2.45, 2.75) is 20.0 Å². The summed E-state index contributed by atoms with van der Waals surface area (Å²) in [5.74, 6) is 1.65. The molecule has 1 heterocycles. The van der Waals surface area contributed by atoms with Crippen LogP contribution in [-0.2, 0) is 13.1 Å². The maximum atomic E-state index is 6.12. The molecule has 0 spiro atoms. The van der Waals surface area contributed by atoms with Crippen molar-refractivity contribution < 1.29 is 21.6 Å². The Kier molecular flexibility index (Phi) is 6.78. The number of ether oxygens (including phenoxy) is 1. The van der Waals surface area contributed by atoms with Crippen LogP contribution in [0, 0.1) is 0 Å². The molecule has 1 N–H and O–H groups in total. The summed E-state index contributed by atoms with van der Waals surface area (Å²) in [6, 6.07) is 9.65. The molecule has 0 amide bonds. The van der Waals surface area contributed by atoms with E-state index in [0.29, 0.717) is 18.2 Å². The number of furan rings is 1. The van der Waals surface area contributed by atoms with Gasteiger partial charge in [-0.2, -0.15) is 0 Å². The Morgan fingerprint density at radius 2 is 2.11 bits per heavy atom. The largest absolute Gasteiger partial charge is 1.00 e. The summed E-state index contributed by atoms with van der Waals surface area (Å²) in [7, 11) is 0. The molecule has 0 fully saturated rings. The van der Waals surface area contributed by atoms with Gasteiger partial charge in [0.25, 0.3) is 0 Å². The third kappa shape index (κ3) is 4.78. The highest BCUT2D eigenvalue weighted by Gasteiger charge is 2.02. The molecule has 0 saturated heterocycles. The van der Waals surface area contributed by atoms with Crippen LogP contribution < -0.4 is 22.5 Å². The van der Waals surface area contributed by atoms with Crippen molar-refractivity contribution in [1.29, 1.82) is 0 Å². The van der Waals surface area contributed by atoms with E-state index in [-0.39, 0.29) is 12.4 Å². The van der Waals surface area contributed by atoms with Crippen LogP contribution in [0.1, 0.15) is 18.2 Å². The molecule has 1 aromatic heterocycles. The SMILES string of the molecule is CCOc1ccc(CNCc2ccco2)cc1Cl.[Cl-]. The lowest BCUT2D eigenvalue weighted by molar-refractivity contribution is -0.00000468. The molecule has 0 unspecified atom stereocenters. The van der Waals surface area contributed by atoms with Gasteiger partial charge in [-0.1, -0.05) is 17.7 Å². The van der Waals surface area contributed by atoms with Crippen molar-refractivity contribution in [3.63, 3.8) is 0 Å². The first-order valence-corrected chi connectivity index (χ1v) is 6.31. The minimum Gasteiger partial charge on any atom is -1.00 e. The van der Waals surface area contributed by atoms with Crippen molar-refractivity contribution in [2.75, 3.05) is 6.61 Å². The van der Waals surface area contributed by atoms with E-state index in [2.05, 4.69) is 5.32 Å². The van der Waals surface area contributed by atoms with Crippen LogP contribution in [0.5, 0.6) is 5.75 Å². The van der Waals surface area contributed by atoms with E-state index in [1.807, 2.05) is 37.3 Å². The first kappa shape index (κ1) is 15.9. The number of hydrogen-bond acceptors (Lipinski definition) is 3. The lowest BCUT2D eigenvalue weighted by Crippen LogP contribution is -3.00. The van der Waals surface area contributed by atoms with Gasteiger partial charge >= 0.3 is 0 Å². The van der Waals surface area contributed by atoms with Gasteiger partial charge in [-0.15, -0.1) is 0 Å². The minimum atomic E-state index is 0. The van der Waals surface area contributed by atoms with Gasteiger partial charge in [-0.25, -0.2) is 0 Å². The molecule has 0 atom stereocenters. The molecule has 0 bridgehead atoms. The summed E-state index contributed by atoms with van der Waals surface area (Å²) in [6.07, 6.45) is 1.67. The summed E-state index contributed by atoms with van der Waals surface area (Å²) in [6.45, 7) is 4.01. The van der Waals surface area contributed by atoms with E-state index in [1.54, 1.807) is 6.26 Å². The predicted molar refractivity (Wildman–Crippen MR) is 71.9 cm³/mol. The highest BCUT2D eigenvalue weighted by atomic mass is 35.5. The van der Waals surface area contributed by atoms with Crippen molar-refractivity contribution >= 4 is 11.6 Å². The molecular formula is C14H16Cl2NO2-. The normalized spacial score (nSPS) is 10.0. The van der Waals surface area contributed by atoms with E-state index < -0.39 is 0 Å². The molecule has 0 aliphatic heterocycles. The van der Waals surface area contributed by atoms with Crippen LogP contribution in [0.3, 0.4) is 0 Å². The van der Waals surface area contributed by atoms with E-state index in [0.717, 1.165) is 23.6 Å². The Morgan fingerprint density at radius 3 is 2.74 bits per heavy atom. The zero-order valence-corrected chi connectivity index (χ0v) is 12.2. The topological polar surface area (TPSA) is 34.4 Å². The fourth-order valence-corrected chi connectivity index (χ4v) is 1.93. The number of nitrogens with one attached hydrogen (secondary N) is 1. The average molecular weight is 301 g/mol. The fraction of sp³-hybridized carbons (Fsp3) is 0.286. The monoisotopic (exact) mass is 300 g/mol. The van der Waals surface area contributed by atoms with Crippen molar-refractivity contribution in [3.05, 3.63) is 52.9 Å². The van der Waals surface area contributed by atoms with Gasteiger partial charge in [0, 0.05) is 6.54 Å². The van der Waals surface area contributed by atoms with Crippen molar-refractivity contribution in [2.24, 2.45) is 0 Å². The molecule has 1 aromatic carbocycles. The molecule has 0 radical (unpaired) electrons. The summed E-state index contributed by atoms with van der Waals surface area (Å²) < 4.78 is 10.6. The molecule has 19 heavy (non-hydrogen) atoms. The zero-order chi connectivity index (χ0) is 12.8. The molecule has 2 rings (SSSR count). The molecule has 5 heteroatoms. The molecule has 0 aliphatic rings. The van der Waals surface area contributed by atoms with Gasteiger partial charge in [0.1, 0.15) is 11.5 Å². The Labute approximate surface area is 124 Å². The third-order valence-electron chi connectivity index (χ3n) is 2.50. The van der Waals surface area contributed by atoms with Crippen LogP contribution in [0.4, 0.5) is 0 Å². The number of halogens is 2. The molecule has 3 nitrogen and oxygen atoms in total. The van der Waals surface area contributed by atoms with E-state index >= 15 is 0 Å². The average Bonchev–Trinajstić information content (AvgIpc) is 2.86. The zero-order valence-electron chi connectivity index (χ0n) is 10.7. The van der Waals surface area contributed by atoms with Gasteiger partial charge < -0.3 is 26.9 Å². The van der Waals surface area contributed by atoms with Gasteiger partial charge in [0.2, 0.25) is 0 Å². The second-order valence-electron chi connectivity index (χ2n) is 3.88. The highest BCUT2D eigenvalue weighted by Crippen LogP contribution is 2.25. The molecule has 2 aromatic rings. The Balaban J connectivity index is 0.00000180. The number of hydrogen-bond donors (Lipinski definition) is 1. The quantitative estimate of drug-likeness (QED) is 0.850. The van der Waals surface area contributed by atoms with E-state index in [9.17, 15) is 0 Å². The standard InChI is InChI=1S/C14H16ClNO2.ClH/c1-2-17-14-6-5-11(8-13(14)15)9-16-10-12-4-3-7-18-12;/h3-8,16H,2,9-10H2,1H3;1H/p-1. The first-order chi connectivity index (χ1) is 8.79. The van der Waals surface area contributed by atoms with Crippen LogP contribution in [0.15, 0.2) is 41.0 Å². The van der Waals surface area contributed by atoms with Gasteiger partial charge in [0.15, 0.2) is 0 Å². The summed E-state index contributed by atoms with van der Waals surface area (Å²) in [4.78, 5) is 0. The second kappa shape index (κ2) is 8.10. The maximum Gasteiger partial charge on any atom is 0.137 e. The van der Waals surface area contributed by atoms with Crippen LogP contribution in [0.25, 0.3) is 0 Å². The minimum absolute atomic E-state index is 0. The second-order valence-corrected chi connectivity index (χ2v) is 4.29. The number of rotatable bonds is 6. The van der Waals surface area contributed by atoms with Crippen LogP contribution in [0.2, 0.25) is 5.02 Å². The Morgan fingerprint density at radius 1 is 1.26 bits per heavy atom. The maximum absolute atomic E-state index is 6.12. The number of benzene rings is 1. The van der Waals surface area contributed by atoms with Crippen molar-refractivity contribution in [1.82, 2.24) is 5.32 Å². The van der Waals surface area contributed by atoms with Crippen LogP contribution >= 0.6 is 11.6 Å². The first-order valence-electron chi connectivity index (χ1n) is 5.94. The lowest BCUT2D eigenvalue weighted by Gasteiger charge is -2.08. The third-order valence-corrected chi connectivity index (χ3v) is 2.80. The lowest BCUT2D eigenvalue weighted by atomic mass is 10.2. The molecule has 104 valence electrons. The molecular weight excluding hydrogens is 285 g/mol. The van der Waals surface area contributed by atoms with E-state index in [1.165, 1.54) is 0 Å².